The number of hydrogen-bond acceptors (Lipinski definition) is 3. The molecular formula is C16H15N3O2. The Morgan fingerprint density at radius 1 is 1.19 bits per heavy atom. The lowest BCUT2D eigenvalue weighted by molar-refractivity contribution is 0.102. The molecule has 0 atom stereocenters. The number of carbonyl (C=O) groups is 1. The van der Waals surface area contributed by atoms with Crippen LogP contribution in [-0.2, 0) is 0 Å². The largest absolute Gasteiger partial charge is 0.493 e. The van der Waals surface area contributed by atoms with Crippen molar-refractivity contribution in [1.29, 1.82) is 0 Å². The van der Waals surface area contributed by atoms with Crippen molar-refractivity contribution < 1.29 is 9.53 Å². The van der Waals surface area contributed by atoms with Gasteiger partial charge in [-0.05, 0) is 31.2 Å². The van der Waals surface area contributed by atoms with Crippen LogP contribution in [-0.4, -0.2) is 22.4 Å². The van der Waals surface area contributed by atoms with Crippen LogP contribution in [0.2, 0.25) is 0 Å². The Labute approximate surface area is 122 Å². The maximum atomic E-state index is 12.5. The van der Waals surface area contributed by atoms with E-state index in [1.807, 2.05) is 49.4 Å². The van der Waals surface area contributed by atoms with Gasteiger partial charge >= 0.3 is 0 Å². The van der Waals surface area contributed by atoms with E-state index in [4.69, 9.17) is 4.74 Å². The van der Waals surface area contributed by atoms with Crippen molar-refractivity contribution in [3.63, 3.8) is 0 Å². The number of aromatic nitrogens is 2. The monoisotopic (exact) mass is 281 g/mol. The summed E-state index contributed by atoms with van der Waals surface area (Å²) in [6.07, 6.45) is 1.80. The molecule has 2 heterocycles. The molecule has 5 nitrogen and oxygen atoms in total. The number of rotatable bonds is 3. The minimum Gasteiger partial charge on any atom is -0.493 e. The number of carbonyl (C=O) groups excluding carboxylic acids is 1. The maximum absolute atomic E-state index is 12.5. The molecule has 1 amide bonds. The smallest absolute Gasteiger partial charge is 0.274 e. The van der Waals surface area contributed by atoms with Crippen molar-refractivity contribution in [3.8, 4) is 5.75 Å². The molecule has 0 unspecified atom stereocenters. The molecule has 0 aliphatic heterocycles. The third kappa shape index (κ3) is 2.33. The van der Waals surface area contributed by atoms with E-state index in [-0.39, 0.29) is 5.91 Å². The Morgan fingerprint density at radius 3 is 2.67 bits per heavy atom. The Kier molecular flexibility index (Phi) is 3.31. The van der Waals surface area contributed by atoms with Gasteiger partial charge in [-0.1, -0.05) is 18.2 Å². The van der Waals surface area contributed by atoms with E-state index < -0.39 is 0 Å². The SMILES string of the molecule is COc1cccn2c(C(=O)Nc3ccccc3)c(C)nc12. The summed E-state index contributed by atoms with van der Waals surface area (Å²) in [6.45, 7) is 1.81. The fourth-order valence-electron chi connectivity index (χ4n) is 2.30. The maximum Gasteiger partial charge on any atom is 0.274 e. The van der Waals surface area contributed by atoms with Crippen LogP contribution < -0.4 is 10.1 Å². The van der Waals surface area contributed by atoms with Gasteiger partial charge in [-0.25, -0.2) is 4.98 Å². The van der Waals surface area contributed by atoms with E-state index in [9.17, 15) is 4.79 Å². The van der Waals surface area contributed by atoms with Gasteiger partial charge in [0.05, 0.1) is 12.8 Å². The fourth-order valence-corrected chi connectivity index (χ4v) is 2.30. The van der Waals surface area contributed by atoms with E-state index in [2.05, 4.69) is 10.3 Å². The molecule has 1 N–H and O–H groups in total. The third-order valence-corrected chi connectivity index (χ3v) is 3.26. The predicted molar refractivity (Wildman–Crippen MR) is 80.9 cm³/mol. The number of nitrogens with one attached hydrogen (secondary N) is 1. The van der Waals surface area contributed by atoms with Crippen molar-refractivity contribution in [2.75, 3.05) is 12.4 Å². The molecule has 0 saturated heterocycles. The van der Waals surface area contributed by atoms with Crippen LogP contribution in [0, 0.1) is 6.92 Å². The fraction of sp³-hybridized carbons (Fsp3) is 0.125. The number of nitrogens with zero attached hydrogens (tertiary/aromatic N) is 2. The molecule has 5 heteroatoms. The molecule has 0 spiro atoms. The number of amides is 1. The van der Waals surface area contributed by atoms with Crippen LogP contribution >= 0.6 is 0 Å². The van der Waals surface area contributed by atoms with E-state index in [1.54, 1.807) is 17.7 Å². The minimum absolute atomic E-state index is 0.195. The summed E-state index contributed by atoms with van der Waals surface area (Å²) in [6, 6.07) is 13.0. The number of imidazole rings is 1. The van der Waals surface area contributed by atoms with Crippen LogP contribution in [0.3, 0.4) is 0 Å². The quantitative estimate of drug-likeness (QED) is 0.803. The minimum atomic E-state index is -0.195. The van der Waals surface area contributed by atoms with E-state index in [1.165, 1.54) is 0 Å². The van der Waals surface area contributed by atoms with Crippen LogP contribution in [0.25, 0.3) is 5.65 Å². The lowest BCUT2D eigenvalue weighted by Gasteiger charge is -2.06. The molecule has 106 valence electrons. The Hall–Kier alpha value is -2.82. The van der Waals surface area contributed by atoms with Gasteiger partial charge < -0.3 is 10.1 Å². The topological polar surface area (TPSA) is 55.6 Å². The second-order valence-electron chi connectivity index (χ2n) is 4.64. The highest BCUT2D eigenvalue weighted by atomic mass is 16.5. The molecule has 1 aromatic carbocycles. The molecule has 0 fully saturated rings. The van der Waals surface area contributed by atoms with Gasteiger partial charge in [0.2, 0.25) is 0 Å². The number of hydrogen-bond donors (Lipinski definition) is 1. The van der Waals surface area contributed by atoms with E-state index in [0.717, 1.165) is 5.69 Å². The van der Waals surface area contributed by atoms with E-state index in [0.29, 0.717) is 22.8 Å². The number of para-hydroxylation sites is 1. The van der Waals surface area contributed by atoms with Crippen molar-refractivity contribution in [2.24, 2.45) is 0 Å². The van der Waals surface area contributed by atoms with Crippen LogP contribution in [0.5, 0.6) is 5.75 Å². The second kappa shape index (κ2) is 5.28. The zero-order chi connectivity index (χ0) is 14.8. The molecular weight excluding hydrogens is 266 g/mol. The number of benzene rings is 1. The highest BCUT2D eigenvalue weighted by Crippen LogP contribution is 2.22. The lowest BCUT2D eigenvalue weighted by atomic mass is 10.3. The zero-order valence-electron chi connectivity index (χ0n) is 11.8. The lowest BCUT2D eigenvalue weighted by Crippen LogP contribution is -2.15. The summed E-state index contributed by atoms with van der Waals surface area (Å²) in [4.78, 5) is 16.9. The van der Waals surface area contributed by atoms with Gasteiger partial charge in [-0.2, -0.15) is 0 Å². The molecule has 0 radical (unpaired) electrons. The van der Waals surface area contributed by atoms with Crippen LogP contribution in [0.4, 0.5) is 5.69 Å². The number of pyridine rings is 1. The summed E-state index contributed by atoms with van der Waals surface area (Å²) in [5, 5.41) is 2.87. The Morgan fingerprint density at radius 2 is 1.95 bits per heavy atom. The van der Waals surface area contributed by atoms with Gasteiger partial charge in [-0.15, -0.1) is 0 Å². The summed E-state index contributed by atoms with van der Waals surface area (Å²) >= 11 is 0. The molecule has 0 bridgehead atoms. The van der Waals surface area contributed by atoms with Gasteiger partial charge in [0.15, 0.2) is 11.4 Å². The summed E-state index contributed by atoms with van der Waals surface area (Å²) in [5.74, 6) is 0.443. The van der Waals surface area contributed by atoms with Gasteiger partial charge in [0.25, 0.3) is 5.91 Å². The highest BCUT2D eigenvalue weighted by molar-refractivity contribution is 6.04. The van der Waals surface area contributed by atoms with E-state index >= 15 is 0 Å². The normalized spacial score (nSPS) is 10.6. The van der Waals surface area contributed by atoms with Crippen molar-refractivity contribution in [3.05, 3.63) is 60.0 Å². The summed E-state index contributed by atoms with van der Waals surface area (Å²) in [5.41, 5.74) is 2.55. The van der Waals surface area contributed by atoms with Crippen LogP contribution in [0.15, 0.2) is 48.7 Å². The zero-order valence-corrected chi connectivity index (χ0v) is 11.8. The number of methoxy groups -OCH3 is 1. The first-order valence-corrected chi connectivity index (χ1v) is 6.59. The Bertz CT molecular complexity index is 794. The molecule has 0 aliphatic rings. The molecule has 21 heavy (non-hydrogen) atoms. The molecule has 3 rings (SSSR count). The molecule has 0 saturated carbocycles. The van der Waals surface area contributed by atoms with Crippen molar-refractivity contribution in [1.82, 2.24) is 9.38 Å². The Balaban J connectivity index is 2.04. The number of fused-ring (bicyclic) bond motifs is 1. The predicted octanol–water partition coefficient (Wildman–Crippen LogP) is 2.90. The number of anilines is 1. The summed E-state index contributed by atoms with van der Waals surface area (Å²) < 4.78 is 7.02. The van der Waals surface area contributed by atoms with Crippen LogP contribution in [0.1, 0.15) is 16.2 Å². The first-order valence-electron chi connectivity index (χ1n) is 6.59. The first kappa shape index (κ1) is 13.2. The standard InChI is InChI=1S/C16H15N3O2/c1-11-14(16(20)18-12-7-4-3-5-8-12)19-10-6-9-13(21-2)15(19)17-11/h3-10H,1-2H3,(H,18,20). The summed E-state index contributed by atoms with van der Waals surface area (Å²) in [7, 11) is 1.59. The average Bonchev–Trinajstić information content (AvgIpc) is 2.84. The highest BCUT2D eigenvalue weighted by Gasteiger charge is 2.18. The van der Waals surface area contributed by atoms with Crippen molar-refractivity contribution in [2.45, 2.75) is 6.92 Å². The molecule has 0 aliphatic carbocycles. The van der Waals surface area contributed by atoms with Crippen molar-refractivity contribution >= 4 is 17.2 Å². The number of aryl methyl sites for hydroxylation is 1. The van der Waals surface area contributed by atoms with Gasteiger partial charge in [-0.3, -0.25) is 9.20 Å². The van der Waals surface area contributed by atoms with Gasteiger partial charge in [0.1, 0.15) is 5.69 Å². The third-order valence-electron chi connectivity index (χ3n) is 3.26. The second-order valence-corrected chi connectivity index (χ2v) is 4.64. The van der Waals surface area contributed by atoms with Gasteiger partial charge in [0, 0.05) is 11.9 Å². The number of ether oxygens (including phenoxy) is 1. The first-order chi connectivity index (χ1) is 10.2. The molecule has 2 aromatic heterocycles. The average molecular weight is 281 g/mol. The molecule has 3 aromatic rings.